The Morgan fingerprint density at radius 3 is 2.76 bits per heavy atom. The molecule has 1 atom stereocenters. The van der Waals surface area contributed by atoms with Gasteiger partial charge in [0.25, 0.3) is 0 Å². The number of piperidine rings is 1. The molecular formula is C16H22N2O3. The fraction of sp³-hybridized carbons (Fsp3) is 0.500. The lowest BCUT2D eigenvalue weighted by Crippen LogP contribution is -2.52. The van der Waals surface area contributed by atoms with Crippen LogP contribution in [-0.2, 0) is 14.3 Å². The van der Waals surface area contributed by atoms with Crippen LogP contribution in [0.2, 0.25) is 0 Å². The number of para-hydroxylation sites is 1. The number of carbonyl (C=O) groups is 2. The summed E-state index contributed by atoms with van der Waals surface area (Å²) >= 11 is 0. The van der Waals surface area contributed by atoms with Gasteiger partial charge in [0.2, 0.25) is 5.91 Å². The van der Waals surface area contributed by atoms with Crippen LogP contribution in [0.3, 0.4) is 0 Å². The number of carbonyl (C=O) groups excluding carboxylic acids is 2. The molecule has 1 aliphatic heterocycles. The van der Waals surface area contributed by atoms with Gasteiger partial charge in [0.1, 0.15) is 0 Å². The predicted octanol–water partition coefficient (Wildman–Crippen LogP) is 1.68. The third-order valence-corrected chi connectivity index (χ3v) is 3.69. The maximum atomic E-state index is 12.6. The molecule has 0 radical (unpaired) electrons. The van der Waals surface area contributed by atoms with E-state index in [4.69, 9.17) is 4.74 Å². The molecule has 0 bridgehead atoms. The van der Waals surface area contributed by atoms with E-state index in [1.165, 1.54) is 0 Å². The van der Waals surface area contributed by atoms with E-state index in [0.29, 0.717) is 6.61 Å². The van der Waals surface area contributed by atoms with Crippen LogP contribution in [0.4, 0.5) is 5.69 Å². The largest absolute Gasteiger partial charge is 0.465 e. The van der Waals surface area contributed by atoms with Gasteiger partial charge in [0.15, 0.2) is 0 Å². The maximum Gasteiger partial charge on any atom is 0.320 e. The molecule has 1 aromatic rings. The molecule has 5 heteroatoms. The molecule has 0 N–H and O–H groups in total. The van der Waals surface area contributed by atoms with E-state index in [1.807, 2.05) is 30.3 Å². The lowest BCUT2D eigenvalue weighted by molar-refractivity contribution is -0.145. The van der Waals surface area contributed by atoms with E-state index < -0.39 is 0 Å². The first-order chi connectivity index (χ1) is 10.1. The molecular weight excluding hydrogens is 268 g/mol. The zero-order valence-electron chi connectivity index (χ0n) is 12.6. The third kappa shape index (κ3) is 3.82. The standard InChI is InChI=1S/C16H22N2O3/c1-3-21-15(19)12-17(2)14-10-7-11-18(16(14)20)13-8-5-4-6-9-13/h4-6,8-9,14H,3,7,10-12H2,1-2H3. The van der Waals surface area contributed by atoms with Crippen molar-refractivity contribution in [3.05, 3.63) is 30.3 Å². The molecule has 1 unspecified atom stereocenters. The molecule has 1 fully saturated rings. The Hall–Kier alpha value is -1.88. The van der Waals surface area contributed by atoms with Crippen LogP contribution in [0, 0.1) is 0 Å². The van der Waals surface area contributed by atoms with Crippen molar-refractivity contribution in [3.63, 3.8) is 0 Å². The maximum absolute atomic E-state index is 12.6. The molecule has 2 rings (SSSR count). The fourth-order valence-corrected chi connectivity index (χ4v) is 2.65. The number of amides is 1. The van der Waals surface area contributed by atoms with Crippen molar-refractivity contribution in [2.45, 2.75) is 25.8 Å². The Morgan fingerprint density at radius 2 is 2.10 bits per heavy atom. The summed E-state index contributed by atoms with van der Waals surface area (Å²) in [6.45, 7) is 3.02. The summed E-state index contributed by atoms with van der Waals surface area (Å²) in [7, 11) is 1.80. The zero-order valence-corrected chi connectivity index (χ0v) is 12.6. The van der Waals surface area contributed by atoms with E-state index in [1.54, 1.807) is 23.8 Å². The van der Waals surface area contributed by atoms with Gasteiger partial charge in [-0.15, -0.1) is 0 Å². The Bertz CT molecular complexity index is 490. The highest BCUT2D eigenvalue weighted by molar-refractivity contribution is 5.98. The Labute approximate surface area is 125 Å². The minimum Gasteiger partial charge on any atom is -0.465 e. The van der Waals surface area contributed by atoms with Gasteiger partial charge >= 0.3 is 5.97 Å². The number of esters is 1. The second kappa shape index (κ2) is 7.22. The van der Waals surface area contributed by atoms with Crippen LogP contribution in [-0.4, -0.2) is 49.6 Å². The molecule has 1 saturated heterocycles. The van der Waals surface area contributed by atoms with E-state index in [2.05, 4.69) is 0 Å². The molecule has 0 spiro atoms. The minimum absolute atomic E-state index is 0.0549. The van der Waals surface area contributed by atoms with Crippen molar-refractivity contribution in [2.75, 3.05) is 31.6 Å². The van der Waals surface area contributed by atoms with Crippen molar-refractivity contribution in [3.8, 4) is 0 Å². The number of hydrogen-bond donors (Lipinski definition) is 0. The number of hydrogen-bond acceptors (Lipinski definition) is 4. The van der Waals surface area contributed by atoms with E-state index in [-0.39, 0.29) is 24.5 Å². The highest BCUT2D eigenvalue weighted by atomic mass is 16.5. The monoisotopic (exact) mass is 290 g/mol. The van der Waals surface area contributed by atoms with E-state index in [9.17, 15) is 9.59 Å². The number of anilines is 1. The van der Waals surface area contributed by atoms with Crippen molar-refractivity contribution in [1.82, 2.24) is 4.90 Å². The first-order valence-electron chi connectivity index (χ1n) is 7.35. The van der Waals surface area contributed by atoms with Gasteiger partial charge < -0.3 is 9.64 Å². The van der Waals surface area contributed by atoms with Crippen LogP contribution in [0.1, 0.15) is 19.8 Å². The quantitative estimate of drug-likeness (QED) is 0.774. The lowest BCUT2D eigenvalue weighted by Gasteiger charge is -2.36. The van der Waals surface area contributed by atoms with E-state index >= 15 is 0 Å². The van der Waals surface area contributed by atoms with E-state index in [0.717, 1.165) is 25.1 Å². The van der Waals surface area contributed by atoms with Gasteiger partial charge in [0.05, 0.1) is 19.2 Å². The first kappa shape index (κ1) is 15.5. The van der Waals surface area contributed by atoms with Gasteiger partial charge in [-0.1, -0.05) is 18.2 Å². The highest BCUT2D eigenvalue weighted by Crippen LogP contribution is 2.22. The molecule has 5 nitrogen and oxygen atoms in total. The van der Waals surface area contributed by atoms with Gasteiger partial charge in [0, 0.05) is 12.2 Å². The summed E-state index contributed by atoms with van der Waals surface area (Å²) in [6.07, 6.45) is 1.70. The van der Waals surface area contributed by atoms with Crippen LogP contribution >= 0.6 is 0 Å². The lowest BCUT2D eigenvalue weighted by atomic mass is 10.0. The summed E-state index contributed by atoms with van der Waals surface area (Å²) in [5, 5.41) is 0. The molecule has 0 saturated carbocycles. The van der Waals surface area contributed by atoms with Gasteiger partial charge in [-0.25, -0.2) is 0 Å². The minimum atomic E-state index is -0.287. The van der Waals surface area contributed by atoms with Crippen LogP contribution in [0.5, 0.6) is 0 Å². The summed E-state index contributed by atoms with van der Waals surface area (Å²) in [5.41, 5.74) is 0.914. The van der Waals surface area contributed by atoms with Gasteiger partial charge in [-0.2, -0.15) is 0 Å². The van der Waals surface area contributed by atoms with Crippen molar-refractivity contribution in [2.24, 2.45) is 0 Å². The van der Waals surface area contributed by atoms with Crippen LogP contribution in [0.15, 0.2) is 30.3 Å². The normalized spacial score (nSPS) is 18.9. The summed E-state index contributed by atoms with van der Waals surface area (Å²) < 4.78 is 4.94. The van der Waals surface area contributed by atoms with Crippen LogP contribution < -0.4 is 4.90 Å². The molecule has 1 aliphatic rings. The average molecular weight is 290 g/mol. The Balaban J connectivity index is 2.04. The number of ether oxygens (including phenoxy) is 1. The molecule has 114 valence electrons. The average Bonchev–Trinajstić information content (AvgIpc) is 2.48. The summed E-state index contributed by atoms with van der Waals surface area (Å²) in [4.78, 5) is 27.8. The number of benzene rings is 1. The number of nitrogens with zero attached hydrogens (tertiary/aromatic N) is 2. The summed E-state index contributed by atoms with van der Waals surface area (Å²) in [6, 6.07) is 9.39. The van der Waals surface area contributed by atoms with Gasteiger partial charge in [-0.05, 0) is 38.9 Å². The first-order valence-corrected chi connectivity index (χ1v) is 7.35. The smallest absolute Gasteiger partial charge is 0.320 e. The molecule has 21 heavy (non-hydrogen) atoms. The number of likely N-dealkylation sites (N-methyl/N-ethyl adjacent to an activating group) is 1. The molecule has 1 aromatic carbocycles. The predicted molar refractivity (Wildman–Crippen MR) is 81.1 cm³/mol. The van der Waals surface area contributed by atoms with Gasteiger partial charge in [-0.3, -0.25) is 14.5 Å². The molecule has 0 aliphatic carbocycles. The van der Waals surface area contributed by atoms with Crippen molar-refractivity contribution >= 4 is 17.6 Å². The zero-order chi connectivity index (χ0) is 15.2. The highest BCUT2D eigenvalue weighted by Gasteiger charge is 2.33. The second-order valence-corrected chi connectivity index (χ2v) is 5.20. The Kier molecular flexibility index (Phi) is 5.33. The fourth-order valence-electron chi connectivity index (χ4n) is 2.65. The molecule has 1 amide bonds. The van der Waals surface area contributed by atoms with Crippen LogP contribution in [0.25, 0.3) is 0 Å². The SMILES string of the molecule is CCOC(=O)CN(C)C1CCCN(c2ccccc2)C1=O. The molecule has 0 aromatic heterocycles. The third-order valence-electron chi connectivity index (χ3n) is 3.69. The Morgan fingerprint density at radius 1 is 1.38 bits per heavy atom. The topological polar surface area (TPSA) is 49.9 Å². The van der Waals surface area contributed by atoms with Crippen molar-refractivity contribution in [1.29, 1.82) is 0 Å². The second-order valence-electron chi connectivity index (χ2n) is 5.20. The number of rotatable bonds is 5. The van der Waals surface area contributed by atoms with Crippen molar-refractivity contribution < 1.29 is 14.3 Å². The molecule has 1 heterocycles. The summed E-state index contributed by atoms with van der Waals surface area (Å²) in [5.74, 6) is -0.233.